The molecular formula is C14H27N5O2. The van der Waals surface area contributed by atoms with Crippen LogP contribution < -0.4 is 5.32 Å². The molecule has 0 aliphatic heterocycles. The van der Waals surface area contributed by atoms with Crippen LogP contribution in [0.3, 0.4) is 0 Å². The van der Waals surface area contributed by atoms with Crippen LogP contribution in [0, 0.1) is 5.92 Å². The first kappa shape index (κ1) is 17.4. The first-order valence-electron chi connectivity index (χ1n) is 7.17. The molecule has 1 amide bonds. The molecule has 1 aromatic heterocycles. The molecule has 1 atom stereocenters. The normalized spacial score (nSPS) is 13.0. The molecule has 7 nitrogen and oxygen atoms in total. The number of nitrogens with zero attached hydrogens (tertiary/aromatic N) is 4. The van der Waals surface area contributed by atoms with E-state index in [2.05, 4.69) is 22.6 Å². The number of hydrogen-bond donors (Lipinski definition) is 1. The van der Waals surface area contributed by atoms with Crippen LogP contribution in [0.5, 0.6) is 0 Å². The van der Waals surface area contributed by atoms with Crippen molar-refractivity contribution < 1.29 is 9.53 Å². The van der Waals surface area contributed by atoms with Gasteiger partial charge in [0, 0.05) is 27.2 Å². The van der Waals surface area contributed by atoms with Crippen LogP contribution in [-0.4, -0.2) is 51.7 Å². The van der Waals surface area contributed by atoms with Gasteiger partial charge in [-0.25, -0.2) is 4.79 Å². The minimum atomic E-state index is -0.459. The van der Waals surface area contributed by atoms with Crippen molar-refractivity contribution in [3.8, 4) is 0 Å². The Morgan fingerprint density at radius 3 is 2.71 bits per heavy atom. The van der Waals surface area contributed by atoms with Crippen molar-refractivity contribution in [2.24, 2.45) is 13.0 Å². The number of amides is 1. The summed E-state index contributed by atoms with van der Waals surface area (Å²) in [6, 6.07) is 0. The van der Waals surface area contributed by atoms with Crippen LogP contribution in [0.4, 0.5) is 4.79 Å². The van der Waals surface area contributed by atoms with Crippen molar-refractivity contribution in [3.63, 3.8) is 0 Å². The topological polar surface area (TPSA) is 72.3 Å². The van der Waals surface area contributed by atoms with Crippen LogP contribution in [-0.2, 0) is 18.3 Å². The summed E-state index contributed by atoms with van der Waals surface area (Å²) in [5.74, 6) is 0.323. The lowest BCUT2D eigenvalue weighted by molar-refractivity contribution is 0.0277. The molecule has 0 aliphatic rings. The predicted octanol–water partition coefficient (Wildman–Crippen LogP) is 1.41. The van der Waals surface area contributed by atoms with Crippen LogP contribution in [0.15, 0.2) is 6.20 Å². The smallest absolute Gasteiger partial charge is 0.410 e. The largest absolute Gasteiger partial charge is 0.444 e. The van der Waals surface area contributed by atoms with Crippen molar-refractivity contribution >= 4 is 6.09 Å². The highest BCUT2D eigenvalue weighted by Crippen LogP contribution is 2.10. The van der Waals surface area contributed by atoms with E-state index in [1.807, 2.05) is 27.8 Å². The Kier molecular flexibility index (Phi) is 6.14. The maximum Gasteiger partial charge on any atom is 0.410 e. The molecule has 0 radical (unpaired) electrons. The number of carbonyl (C=O) groups excluding carboxylic acids is 1. The van der Waals surface area contributed by atoms with E-state index in [0.717, 1.165) is 12.2 Å². The first-order valence-corrected chi connectivity index (χ1v) is 7.17. The van der Waals surface area contributed by atoms with E-state index in [9.17, 15) is 4.79 Å². The average molecular weight is 297 g/mol. The lowest BCUT2D eigenvalue weighted by Gasteiger charge is -2.26. The van der Waals surface area contributed by atoms with Crippen molar-refractivity contribution in [3.05, 3.63) is 11.9 Å². The standard InChI is InChI=1S/C14H27N5O2/c1-11(7-15-8-12-9-16-17-19(12)6)10-18(5)13(20)21-14(2,3)4/h9,11,15H,7-8,10H2,1-6H3. The fraction of sp³-hybridized carbons (Fsp3) is 0.786. The summed E-state index contributed by atoms with van der Waals surface area (Å²) in [7, 11) is 3.62. The van der Waals surface area contributed by atoms with E-state index in [0.29, 0.717) is 19.0 Å². The molecule has 0 aromatic carbocycles. The highest BCUT2D eigenvalue weighted by Gasteiger charge is 2.20. The molecule has 0 aliphatic carbocycles. The number of hydrogen-bond acceptors (Lipinski definition) is 5. The molecule has 1 heterocycles. The van der Waals surface area contributed by atoms with Crippen molar-refractivity contribution in [2.45, 2.75) is 39.8 Å². The lowest BCUT2D eigenvalue weighted by atomic mass is 10.1. The number of aromatic nitrogens is 3. The van der Waals surface area contributed by atoms with Gasteiger partial charge in [0.1, 0.15) is 5.60 Å². The van der Waals surface area contributed by atoms with Gasteiger partial charge in [0.15, 0.2) is 0 Å². The van der Waals surface area contributed by atoms with Crippen LogP contribution in [0.2, 0.25) is 0 Å². The van der Waals surface area contributed by atoms with Gasteiger partial charge in [-0.05, 0) is 33.2 Å². The summed E-state index contributed by atoms with van der Waals surface area (Å²) < 4.78 is 7.07. The second kappa shape index (κ2) is 7.40. The zero-order chi connectivity index (χ0) is 16.0. The predicted molar refractivity (Wildman–Crippen MR) is 80.7 cm³/mol. The monoisotopic (exact) mass is 297 g/mol. The minimum absolute atomic E-state index is 0.287. The molecule has 1 unspecified atom stereocenters. The molecule has 1 aromatic rings. The Morgan fingerprint density at radius 1 is 1.52 bits per heavy atom. The maximum atomic E-state index is 11.9. The highest BCUT2D eigenvalue weighted by atomic mass is 16.6. The molecule has 0 saturated heterocycles. The fourth-order valence-corrected chi connectivity index (χ4v) is 1.86. The lowest BCUT2D eigenvalue weighted by Crippen LogP contribution is -2.38. The fourth-order valence-electron chi connectivity index (χ4n) is 1.86. The van der Waals surface area contributed by atoms with Crippen molar-refractivity contribution in [1.29, 1.82) is 0 Å². The summed E-state index contributed by atoms with van der Waals surface area (Å²) in [5, 5.41) is 11.0. The summed E-state index contributed by atoms with van der Waals surface area (Å²) in [6.45, 7) is 9.85. The van der Waals surface area contributed by atoms with E-state index in [-0.39, 0.29) is 6.09 Å². The quantitative estimate of drug-likeness (QED) is 0.859. The van der Waals surface area contributed by atoms with E-state index >= 15 is 0 Å². The number of nitrogens with one attached hydrogen (secondary N) is 1. The average Bonchev–Trinajstić information content (AvgIpc) is 2.73. The number of aryl methyl sites for hydroxylation is 1. The van der Waals surface area contributed by atoms with Crippen molar-refractivity contribution in [2.75, 3.05) is 20.1 Å². The van der Waals surface area contributed by atoms with Gasteiger partial charge < -0.3 is 15.0 Å². The molecule has 0 saturated carbocycles. The van der Waals surface area contributed by atoms with E-state index in [4.69, 9.17) is 4.74 Å². The number of carbonyl (C=O) groups is 1. The molecule has 21 heavy (non-hydrogen) atoms. The minimum Gasteiger partial charge on any atom is -0.444 e. The molecule has 120 valence electrons. The van der Waals surface area contributed by atoms with Gasteiger partial charge in [-0.15, -0.1) is 5.10 Å². The third-order valence-corrected chi connectivity index (χ3v) is 2.90. The molecule has 1 rings (SSSR count). The van der Waals surface area contributed by atoms with Gasteiger partial charge in [-0.2, -0.15) is 0 Å². The van der Waals surface area contributed by atoms with Gasteiger partial charge in [-0.1, -0.05) is 12.1 Å². The first-order chi connectivity index (χ1) is 9.69. The molecule has 0 fully saturated rings. The summed E-state index contributed by atoms with van der Waals surface area (Å²) >= 11 is 0. The van der Waals surface area contributed by atoms with Gasteiger partial charge >= 0.3 is 6.09 Å². The van der Waals surface area contributed by atoms with Crippen molar-refractivity contribution in [1.82, 2.24) is 25.2 Å². The third-order valence-electron chi connectivity index (χ3n) is 2.90. The Balaban J connectivity index is 2.28. The molecule has 0 spiro atoms. The van der Waals surface area contributed by atoms with Gasteiger partial charge in [0.05, 0.1) is 11.9 Å². The Bertz CT molecular complexity index is 452. The second-order valence-electron chi connectivity index (χ2n) is 6.45. The van der Waals surface area contributed by atoms with E-state index in [1.54, 1.807) is 22.8 Å². The zero-order valence-electron chi connectivity index (χ0n) is 13.9. The summed E-state index contributed by atoms with van der Waals surface area (Å²) in [4.78, 5) is 13.5. The van der Waals surface area contributed by atoms with Gasteiger partial charge in [0.25, 0.3) is 0 Å². The van der Waals surface area contributed by atoms with Crippen LogP contribution in [0.1, 0.15) is 33.4 Å². The third kappa shape index (κ3) is 6.57. The Labute approximate surface area is 126 Å². The summed E-state index contributed by atoms with van der Waals surface area (Å²) in [5.41, 5.74) is 0.571. The molecule has 7 heteroatoms. The van der Waals surface area contributed by atoms with Crippen LogP contribution in [0.25, 0.3) is 0 Å². The second-order valence-corrected chi connectivity index (χ2v) is 6.45. The molecule has 1 N–H and O–H groups in total. The zero-order valence-corrected chi connectivity index (χ0v) is 13.9. The van der Waals surface area contributed by atoms with Gasteiger partial charge in [-0.3, -0.25) is 4.68 Å². The number of rotatable bonds is 6. The maximum absolute atomic E-state index is 11.9. The Hall–Kier alpha value is -1.63. The van der Waals surface area contributed by atoms with E-state index in [1.165, 1.54) is 0 Å². The highest BCUT2D eigenvalue weighted by molar-refractivity contribution is 5.67. The Morgan fingerprint density at radius 2 is 2.19 bits per heavy atom. The SMILES string of the molecule is CC(CNCc1cnnn1C)CN(C)C(=O)OC(C)(C)C. The van der Waals surface area contributed by atoms with E-state index < -0.39 is 5.60 Å². The summed E-state index contributed by atoms with van der Waals surface area (Å²) in [6.07, 6.45) is 1.45. The molecular weight excluding hydrogens is 270 g/mol. The number of ether oxygens (including phenoxy) is 1. The molecule has 0 bridgehead atoms. The van der Waals surface area contributed by atoms with Crippen LogP contribution >= 0.6 is 0 Å². The van der Waals surface area contributed by atoms with Gasteiger partial charge in [0.2, 0.25) is 0 Å².